The monoisotopic (exact) mass is 499 g/mol. The molecule has 3 aromatic carbocycles. The fraction of sp³-hybridized carbons (Fsp3) is 0.200. The van der Waals surface area contributed by atoms with Crippen LogP contribution in [0.2, 0.25) is 5.02 Å². The first-order valence-electron chi connectivity index (χ1n) is 10.7. The number of carbonyl (C=O) groups excluding carboxylic acids is 2. The van der Waals surface area contributed by atoms with Crippen molar-refractivity contribution in [2.45, 2.75) is 25.2 Å². The number of anilines is 2. The maximum Gasteiger partial charge on any atom is 0.264 e. The number of para-hydroxylation sites is 1. The number of halogens is 1. The van der Waals surface area contributed by atoms with E-state index in [0.717, 1.165) is 16.3 Å². The second kappa shape index (κ2) is 11.2. The average Bonchev–Trinajstić information content (AvgIpc) is 2.81. The van der Waals surface area contributed by atoms with Crippen LogP contribution in [0.15, 0.2) is 77.7 Å². The number of hydrogen-bond donors (Lipinski definition) is 2. The van der Waals surface area contributed by atoms with Crippen molar-refractivity contribution in [1.82, 2.24) is 5.32 Å². The summed E-state index contributed by atoms with van der Waals surface area (Å²) in [7, 11) is -4.08. The van der Waals surface area contributed by atoms with Crippen molar-refractivity contribution in [3.8, 4) is 0 Å². The number of aryl methyl sites for hydroxylation is 1. The van der Waals surface area contributed by atoms with Gasteiger partial charge in [0.15, 0.2) is 0 Å². The maximum absolute atomic E-state index is 13.5. The fourth-order valence-corrected chi connectivity index (χ4v) is 4.81. The zero-order chi connectivity index (χ0) is 24.7. The maximum atomic E-state index is 13.5. The first-order valence-corrected chi connectivity index (χ1v) is 12.6. The van der Waals surface area contributed by atoms with Crippen LogP contribution in [0, 0.1) is 6.92 Å². The highest BCUT2D eigenvalue weighted by molar-refractivity contribution is 7.92. The second-order valence-corrected chi connectivity index (χ2v) is 9.95. The van der Waals surface area contributed by atoms with Crippen LogP contribution in [-0.4, -0.2) is 33.3 Å². The largest absolute Gasteiger partial charge is 0.352 e. The van der Waals surface area contributed by atoms with E-state index in [4.69, 9.17) is 11.6 Å². The van der Waals surface area contributed by atoms with Crippen LogP contribution in [0.5, 0.6) is 0 Å². The van der Waals surface area contributed by atoms with Crippen molar-refractivity contribution in [3.63, 3.8) is 0 Å². The summed E-state index contributed by atoms with van der Waals surface area (Å²) in [5, 5.41) is 5.87. The highest BCUT2D eigenvalue weighted by Crippen LogP contribution is 2.26. The molecule has 0 heterocycles. The minimum absolute atomic E-state index is 0.00514. The summed E-state index contributed by atoms with van der Waals surface area (Å²) in [6.07, 6.45) is 0.772. The second-order valence-electron chi connectivity index (χ2n) is 7.65. The van der Waals surface area contributed by atoms with Gasteiger partial charge in [-0.05, 0) is 67.4 Å². The van der Waals surface area contributed by atoms with Gasteiger partial charge in [-0.25, -0.2) is 8.42 Å². The van der Waals surface area contributed by atoms with E-state index >= 15 is 0 Å². The van der Waals surface area contributed by atoms with Crippen molar-refractivity contribution in [3.05, 3.63) is 88.9 Å². The molecular weight excluding hydrogens is 474 g/mol. The molecule has 178 valence electrons. The summed E-state index contributed by atoms with van der Waals surface area (Å²) in [6.45, 7) is 3.79. The highest BCUT2D eigenvalue weighted by Gasteiger charge is 2.28. The molecule has 0 aliphatic rings. The molecular formula is C25H26ClN3O4S. The Balaban J connectivity index is 1.92. The molecule has 0 aromatic heterocycles. The molecule has 2 N–H and O–H groups in total. The van der Waals surface area contributed by atoms with Gasteiger partial charge in [0.2, 0.25) is 5.91 Å². The third-order valence-corrected chi connectivity index (χ3v) is 7.00. The van der Waals surface area contributed by atoms with Crippen LogP contribution in [0.3, 0.4) is 0 Å². The lowest BCUT2D eigenvalue weighted by molar-refractivity contribution is -0.114. The Hall–Kier alpha value is -3.36. The molecule has 2 amide bonds. The number of nitrogens with one attached hydrogen (secondary N) is 2. The Bertz CT molecular complexity index is 1280. The number of carbonyl (C=O) groups is 2. The lowest BCUT2D eigenvalue weighted by atomic mass is 10.1. The summed E-state index contributed by atoms with van der Waals surface area (Å²) in [4.78, 5) is 25.5. The van der Waals surface area contributed by atoms with Gasteiger partial charge in [0.1, 0.15) is 6.54 Å². The van der Waals surface area contributed by atoms with Crippen LogP contribution in [-0.2, 0) is 14.8 Å². The van der Waals surface area contributed by atoms with E-state index in [-0.39, 0.29) is 10.8 Å². The number of nitrogens with zero attached hydrogens (tertiary/aromatic N) is 1. The van der Waals surface area contributed by atoms with Crippen LogP contribution in [0.4, 0.5) is 11.4 Å². The predicted molar refractivity (Wildman–Crippen MR) is 135 cm³/mol. The summed E-state index contributed by atoms with van der Waals surface area (Å²) >= 11 is 5.92. The van der Waals surface area contributed by atoms with Crippen molar-refractivity contribution >= 4 is 44.8 Å². The number of rotatable bonds is 9. The summed E-state index contributed by atoms with van der Waals surface area (Å²) in [5.74, 6) is -0.906. The van der Waals surface area contributed by atoms with Gasteiger partial charge in [0, 0.05) is 11.6 Å². The van der Waals surface area contributed by atoms with Crippen molar-refractivity contribution in [2.24, 2.45) is 0 Å². The van der Waals surface area contributed by atoms with E-state index in [1.807, 2.05) is 19.9 Å². The lowest BCUT2D eigenvalue weighted by Crippen LogP contribution is -2.38. The molecule has 0 saturated carbocycles. The Morgan fingerprint density at radius 1 is 0.971 bits per heavy atom. The number of hydrogen-bond acceptors (Lipinski definition) is 4. The van der Waals surface area contributed by atoms with Crippen molar-refractivity contribution in [1.29, 1.82) is 0 Å². The Labute approximate surface area is 204 Å². The predicted octanol–water partition coefficient (Wildman–Crippen LogP) is 4.62. The van der Waals surface area contributed by atoms with E-state index < -0.39 is 22.5 Å². The molecule has 0 unspecified atom stereocenters. The third kappa shape index (κ3) is 6.15. The lowest BCUT2D eigenvalue weighted by Gasteiger charge is -2.24. The molecule has 0 spiro atoms. The van der Waals surface area contributed by atoms with Crippen molar-refractivity contribution in [2.75, 3.05) is 22.7 Å². The molecule has 3 rings (SSSR count). The number of amides is 2. The summed E-state index contributed by atoms with van der Waals surface area (Å²) in [5.41, 5.74) is 1.78. The van der Waals surface area contributed by atoms with Gasteiger partial charge in [-0.15, -0.1) is 0 Å². The minimum Gasteiger partial charge on any atom is -0.352 e. The summed E-state index contributed by atoms with van der Waals surface area (Å²) < 4.78 is 28.0. The average molecular weight is 500 g/mol. The van der Waals surface area contributed by atoms with Gasteiger partial charge in [-0.3, -0.25) is 13.9 Å². The van der Waals surface area contributed by atoms with Crippen LogP contribution >= 0.6 is 11.6 Å². The zero-order valence-corrected chi connectivity index (χ0v) is 20.5. The Morgan fingerprint density at radius 2 is 1.68 bits per heavy atom. The topological polar surface area (TPSA) is 95.6 Å². The quantitative estimate of drug-likeness (QED) is 0.449. The van der Waals surface area contributed by atoms with Gasteiger partial charge in [-0.1, -0.05) is 42.8 Å². The van der Waals surface area contributed by atoms with Gasteiger partial charge >= 0.3 is 0 Å². The van der Waals surface area contributed by atoms with E-state index in [1.165, 1.54) is 24.3 Å². The fourth-order valence-electron chi connectivity index (χ4n) is 3.28. The number of benzene rings is 3. The first kappa shape index (κ1) is 25.3. The molecule has 7 nitrogen and oxygen atoms in total. The van der Waals surface area contributed by atoms with E-state index in [0.29, 0.717) is 28.5 Å². The molecule has 0 saturated heterocycles. The molecule has 0 radical (unpaired) electrons. The molecule has 3 aromatic rings. The molecule has 0 atom stereocenters. The third-order valence-electron chi connectivity index (χ3n) is 4.96. The molecule has 0 aliphatic carbocycles. The van der Waals surface area contributed by atoms with Gasteiger partial charge in [0.05, 0.1) is 21.8 Å². The Kier molecular flexibility index (Phi) is 8.31. The van der Waals surface area contributed by atoms with E-state index in [1.54, 1.807) is 42.5 Å². The van der Waals surface area contributed by atoms with E-state index in [2.05, 4.69) is 10.6 Å². The normalized spacial score (nSPS) is 11.0. The van der Waals surface area contributed by atoms with Gasteiger partial charge in [-0.2, -0.15) is 0 Å². The standard InChI is InChI=1S/C25H26ClN3O4S/c1-3-15-27-25(31)22-9-4-5-10-23(22)28-24(30)17-29(20-8-6-7-18(2)16-20)34(32,33)21-13-11-19(26)12-14-21/h4-14,16H,3,15,17H2,1-2H3,(H,27,31)(H,28,30). The first-order chi connectivity index (χ1) is 16.2. The molecule has 0 aliphatic heterocycles. The number of sulfonamides is 1. The highest BCUT2D eigenvalue weighted by atomic mass is 35.5. The summed E-state index contributed by atoms with van der Waals surface area (Å²) in [6, 6.07) is 19.2. The molecule has 0 bridgehead atoms. The van der Waals surface area contributed by atoms with Gasteiger partial charge < -0.3 is 10.6 Å². The van der Waals surface area contributed by atoms with Gasteiger partial charge in [0.25, 0.3) is 15.9 Å². The SMILES string of the molecule is CCCNC(=O)c1ccccc1NC(=O)CN(c1cccc(C)c1)S(=O)(=O)c1ccc(Cl)cc1. The van der Waals surface area contributed by atoms with Crippen LogP contribution in [0.25, 0.3) is 0 Å². The zero-order valence-electron chi connectivity index (χ0n) is 18.9. The molecule has 34 heavy (non-hydrogen) atoms. The molecule has 0 fully saturated rings. The molecule has 9 heteroatoms. The Morgan fingerprint density at radius 3 is 2.35 bits per heavy atom. The van der Waals surface area contributed by atoms with Crippen molar-refractivity contribution < 1.29 is 18.0 Å². The van der Waals surface area contributed by atoms with Crippen LogP contribution in [0.1, 0.15) is 29.3 Å². The van der Waals surface area contributed by atoms with Crippen LogP contribution < -0.4 is 14.9 Å². The minimum atomic E-state index is -4.08. The smallest absolute Gasteiger partial charge is 0.264 e. The van der Waals surface area contributed by atoms with E-state index in [9.17, 15) is 18.0 Å².